The third-order valence-electron chi connectivity index (χ3n) is 4.08. The summed E-state index contributed by atoms with van der Waals surface area (Å²) in [6.45, 7) is 1.73. The number of carbonyl (C=O) groups is 2. The monoisotopic (exact) mass is 367 g/mol. The molecule has 27 heavy (non-hydrogen) atoms. The number of para-hydroxylation sites is 3. The van der Waals surface area contributed by atoms with E-state index < -0.39 is 6.04 Å². The second kappa shape index (κ2) is 8.35. The summed E-state index contributed by atoms with van der Waals surface area (Å²) in [4.78, 5) is 28.6. The molecule has 0 bridgehead atoms. The van der Waals surface area contributed by atoms with Crippen LogP contribution in [-0.2, 0) is 20.9 Å². The van der Waals surface area contributed by atoms with Gasteiger partial charge in [-0.3, -0.25) is 9.59 Å². The molecule has 0 radical (unpaired) electrons. The maximum Gasteiger partial charge on any atom is 0.325 e. The fourth-order valence-corrected chi connectivity index (χ4v) is 2.80. The van der Waals surface area contributed by atoms with E-state index in [0.717, 1.165) is 11.0 Å². The van der Waals surface area contributed by atoms with Gasteiger partial charge < -0.3 is 19.4 Å². The van der Waals surface area contributed by atoms with Crippen LogP contribution in [0.3, 0.4) is 0 Å². The lowest BCUT2D eigenvalue weighted by molar-refractivity contribution is -0.141. The Bertz CT molecular complexity index is 937. The number of amides is 1. The fraction of sp³-hybridized carbons (Fsp3) is 0.250. The molecule has 1 amide bonds. The van der Waals surface area contributed by atoms with Crippen molar-refractivity contribution in [3.8, 4) is 5.75 Å². The first kappa shape index (κ1) is 18.4. The third-order valence-corrected chi connectivity index (χ3v) is 4.08. The zero-order chi connectivity index (χ0) is 19.2. The summed E-state index contributed by atoms with van der Waals surface area (Å²) < 4.78 is 12.0. The Morgan fingerprint density at radius 2 is 1.81 bits per heavy atom. The Labute approximate surface area is 156 Å². The van der Waals surface area contributed by atoms with Crippen LogP contribution in [0.15, 0.2) is 54.6 Å². The van der Waals surface area contributed by atoms with Crippen molar-refractivity contribution < 1.29 is 19.1 Å². The zero-order valence-corrected chi connectivity index (χ0v) is 15.2. The molecule has 140 valence electrons. The van der Waals surface area contributed by atoms with Crippen molar-refractivity contribution in [3.63, 3.8) is 0 Å². The summed E-state index contributed by atoms with van der Waals surface area (Å²) in [5, 5.41) is 2.86. The Hall–Kier alpha value is -3.35. The second-order valence-corrected chi connectivity index (χ2v) is 6.01. The molecule has 1 heterocycles. The van der Waals surface area contributed by atoms with Gasteiger partial charge in [-0.1, -0.05) is 30.3 Å². The molecular weight excluding hydrogens is 346 g/mol. The molecule has 1 unspecified atom stereocenters. The maximum atomic E-state index is 12.2. The Kier molecular flexibility index (Phi) is 5.71. The van der Waals surface area contributed by atoms with E-state index in [4.69, 9.17) is 9.47 Å². The molecule has 0 spiro atoms. The van der Waals surface area contributed by atoms with Gasteiger partial charge in [0.05, 0.1) is 24.2 Å². The van der Waals surface area contributed by atoms with E-state index in [2.05, 4.69) is 10.3 Å². The number of esters is 1. The smallest absolute Gasteiger partial charge is 0.325 e. The Morgan fingerprint density at radius 1 is 1.11 bits per heavy atom. The molecule has 7 heteroatoms. The molecule has 2 aromatic carbocycles. The quantitative estimate of drug-likeness (QED) is 0.649. The first-order valence-corrected chi connectivity index (χ1v) is 8.57. The molecule has 1 N–H and O–H groups in total. The number of hydrogen-bond acceptors (Lipinski definition) is 5. The standard InChI is InChI=1S/C20H21N3O4/c1-14(21-18(24)13-27-15-8-4-3-5-9-15)20-22-16-10-6-7-11-17(16)23(20)12-19(25)26-2/h3-11,14H,12-13H2,1-2H3,(H,21,24). The van der Waals surface area contributed by atoms with Crippen molar-refractivity contribution in [1.29, 1.82) is 0 Å². The van der Waals surface area contributed by atoms with Gasteiger partial charge in [-0.25, -0.2) is 4.98 Å². The lowest BCUT2D eigenvalue weighted by Gasteiger charge is -2.16. The van der Waals surface area contributed by atoms with Crippen molar-refractivity contribution in [3.05, 3.63) is 60.4 Å². The summed E-state index contributed by atoms with van der Waals surface area (Å²) in [7, 11) is 1.34. The van der Waals surface area contributed by atoms with Gasteiger partial charge in [0.2, 0.25) is 0 Å². The van der Waals surface area contributed by atoms with Crippen molar-refractivity contribution >= 4 is 22.9 Å². The van der Waals surface area contributed by atoms with Crippen molar-refractivity contribution in [2.45, 2.75) is 19.5 Å². The van der Waals surface area contributed by atoms with Gasteiger partial charge in [0.1, 0.15) is 18.1 Å². The molecular formula is C20H21N3O4. The number of fused-ring (bicyclic) bond motifs is 1. The topological polar surface area (TPSA) is 82.5 Å². The van der Waals surface area contributed by atoms with Gasteiger partial charge >= 0.3 is 5.97 Å². The molecule has 0 aliphatic rings. The van der Waals surface area contributed by atoms with E-state index >= 15 is 0 Å². The summed E-state index contributed by atoms with van der Waals surface area (Å²) in [5.74, 6) is 0.543. The number of carbonyl (C=O) groups excluding carboxylic acids is 2. The van der Waals surface area contributed by atoms with Crippen LogP contribution in [-0.4, -0.2) is 35.1 Å². The van der Waals surface area contributed by atoms with E-state index in [1.165, 1.54) is 7.11 Å². The number of benzene rings is 2. The summed E-state index contributed by atoms with van der Waals surface area (Å²) in [6.07, 6.45) is 0. The molecule has 0 saturated heterocycles. The van der Waals surface area contributed by atoms with E-state index in [1.807, 2.05) is 49.4 Å². The number of hydrogen-bond donors (Lipinski definition) is 1. The highest BCUT2D eigenvalue weighted by Crippen LogP contribution is 2.21. The van der Waals surface area contributed by atoms with Gasteiger partial charge in [0.25, 0.3) is 5.91 Å². The van der Waals surface area contributed by atoms with Crippen LogP contribution in [0.5, 0.6) is 5.75 Å². The first-order valence-electron chi connectivity index (χ1n) is 8.57. The minimum absolute atomic E-state index is 0.0209. The van der Waals surface area contributed by atoms with Crippen molar-refractivity contribution in [2.24, 2.45) is 0 Å². The number of imidazole rings is 1. The number of aromatic nitrogens is 2. The van der Waals surface area contributed by atoms with Gasteiger partial charge in [0, 0.05) is 0 Å². The average molecular weight is 367 g/mol. The number of nitrogens with zero attached hydrogens (tertiary/aromatic N) is 2. The first-order chi connectivity index (χ1) is 13.1. The van der Waals surface area contributed by atoms with Gasteiger partial charge in [-0.2, -0.15) is 0 Å². The lowest BCUT2D eigenvalue weighted by Crippen LogP contribution is -2.33. The highest BCUT2D eigenvalue weighted by molar-refractivity contribution is 5.80. The van der Waals surface area contributed by atoms with Crippen LogP contribution < -0.4 is 10.1 Å². The van der Waals surface area contributed by atoms with E-state index in [9.17, 15) is 9.59 Å². The number of rotatable bonds is 7. The van der Waals surface area contributed by atoms with Crippen LogP contribution in [0.4, 0.5) is 0 Å². The predicted molar refractivity (Wildman–Crippen MR) is 100 cm³/mol. The predicted octanol–water partition coefficient (Wildman–Crippen LogP) is 2.47. The third kappa shape index (κ3) is 4.44. The van der Waals surface area contributed by atoms with Crippen LogP contribution in [0.1, 0.15) is 18.8 Å². The minimum Gasteiger partial charge on any atom is -0.484 e. The molecule has 0 aliphatic carbocycles. The zero-order valence-electron chi connectivity index (χ0n) is 15.2. The van der Waals surface area contributed by atoms with E-state index in [1.54, 1.807) is 16.7 Å². The molecule has 3 aromatic rings. The van der Waals surface area contributed by atoms with Gasteiger partial charge in [0.15, 0.2) is 6.61 Å². The molecule has 1 aromatic heterocycles. The molecule has 0 saturated carbocycles. The molecule has 3 rings (SSSR count). The largest absolute Gasteiger partial charge is 0.484 e. The second-order valence-electron chi connectivity index (χ2n) is 6.01. The lowest BCUT2D eigenvalue weighted by atomic mass is 10.3. The Balaban J connectivity index is 1.74. The molecule has 0 fully saturated rings. The summed E-state index contributed by atoms with van der Waals surface area (Å²) >= 11 is 0. The van der Waals surface area contributed by atoms with E-state index in [-0.39, 0.29) is 25.0 Å². The van der Waals surface area contributed by atoms with Crippen LogP contribution in [0, 0.1) is 0 Å². The minimum atomic E-state index is -0.408. The number of methoxy groups -OCH3 is 1. The highest BCUT2D eigenvalue weighted by Gasteiger charge is 2.20. The average Bonchev–Trinajstić information content (AvgIpc) is 3.06. The number of nitrogens with one attached hydrogen (secondary N) is 1. The van der Waals surface area contributed by atoms with Crippen LogP contribution in [0.2, 0.25) is 0 Å². The molecule has 0 aliphatic heterocycles. The highest BCUT2D eigenvalue weighted by atomic mass is 16.5. The molecule has 1 atom stereocenters. The van der Waals surface area contributed by atoms with E-state index in [0.29, 0.717) is 11.6 Å². The SMILES string of the molecule is COC(=O)Cn1c(C(C)NC(=O)COc2ccccc2)nc2ccccc21. The van der Waals surface area contributed by atoms with Gasteiger partial charge in [-0.05, 0) is 31.2 Å². The molecule has 7 nitrogen and oxygen atoms in total. The van der Waals surface area contributed by atoms with Crippen LogP contribution >= 0.6 is 0 Å². The fourth-order valence-electron chi connectivity index (χ4n) is 2.80. The normalized spacial score (nSPS) is 11.8. The maximum absolute atomic E-state index is 12.2. The number of ether oxygens (including phenoxy) is 2. The summed E-state index contributed by atoms with van der Waals surface area (Å²) in [5.41, 5.74) is 1.55. The summed E-state index contributed by atoms with van der Waals surface area (Å²) in [6, 6.07) is 16.2. The Morgan fingerprint density at radius 3 is 2.56 bits per heavy atom. The van der Waals surface area contributed by atoms with Crippen LogP contribution in [0.25, 0.3) is 11.0 Å². The van der Waals surface area contributed by atoms with Crippen molar-refractivity contribution in [2.75, 3.05) is 13.7 Å². The van der Waals surface area contributed by atoms with Crippen molar-refractivity contribution in [1.82, 2.24) is 14.9 Å². The van der Waals surface area contributed by atoms with Gasteiger partial charge in [-0.15, -0.1) is 0 Å².